The highest BCUT2D eigenvalue weighted by atomic mass is 35.5. The first-order chi connectivity index (χ1) is 8.61. The largest absolute Gasteiger partial charge is 0.375 e. The van der Waals surface area contributed by atoms with Crippen molar-refractivity contribution in [3.8, 4) is 0 Å². The molecule has 1 N–H and O–H groups in total. The molecule has 0 bridgehead atoms. The highest BCUT2D eigenvalue weighted by molar-refractivity contribution is 6.32. The topological polar surface area (TPSA) is 85.8 Å². The average molecular weight is 270 g/mol. The molecule has 7 nitrogen and oxygen atoms in total. The van der Waals surface area contributed by atoms with Crippen molar-refractivity contribution in [3.05, 3.63) is 33.3 Å². The molecule has 0 saturated heterocycles. The molecule has 2 aromatic heterocycles. The van der Waals surface area contributed by atoms with Gasteiger partial charge in [0.15, 0.2) is 5.82 Å². The Morgan fingerprint density at radius 2 is 2.33 bits per heavy atom. The number of anilines is 1. The fourth-order valence-electron chi connectivity index (χ4n) is 1.40. The normalized spacial score (nSPS) is 10.6. The first-order valence-electron chi connectivity index (χ1n) is 5.40. The molecule has 2 heterocycles. The van der Waals surface area contributed by atoms with Gasteiger partial charge >= 0.3 is 0 Å². The number of hydrogen-bond donors (Lipinski definition) is 1. The smallest absolute Gasteiger partial charge is 0.287 e. The molecule has 0 aliphatic rings. The van der Waals surface area contributed by atoms with Crippen LogP contribution in [-0.2, 0) is 13.1 Å². The fourth-order valence-corrected chi connectivity index (χ4v) is 1.61. The van der Waals surface area contributed by atoms with Crippen LogP contribution in [0.2, 0.25) is 5.02 Å². The maximum atomic E-state index is 11.7. The van der Waals surface area contributed by atoms with Crippen molar-refractivity contribution in [2.45, 2.75) is 26.9 Å². The molecule has 8 heteroatoms. The average Bonchev–Trinajstić information content (AvgIpc) is 2.77. The number of hydrogen-bond acceptors (Lipinski definition) is 6. The summed E-state index contributed by atoms with van der Waals surface area (Å²) in [6, 6.07) is 0. The Morgan fingerprint density at radius 1 is 1.56 bits per heavy atom. The van der Waals surface area contributed by atoms with E-state index in [1.54, 1.807) is 6.92 Å². The Bertz CT molecular complexity index is 607. The minimum Gasteiger partial charge on any atom is -0.375 e. The van der Waals surface area contributed by atoms with Gasteiger partial charge in [0.05, 0.1) is 18.4 Å². The van der Waals surface area contributed by atoms with Gasteiger partial charge in [-0.3, -0.25) is 4.79 Å². The molecule has 0 amide bonds. The maximum absolute atomic E-state index is 11.7. The zero-order chi connectivity index (χ0) is 13.1. The Kier molecular flexibility index (Phi) is 3.61. The molecule has 0 aliphatic heterocycles. The molecule has 96 valence electrons. The van der Waals surface area contributed by atoms with E-state index in [2.05, 4.69) is 20.6 Å². The fraction of sp³-hybridized carbons (Fsp3) is 0.400. The van der Waals surface area contributed by atoms with Crippen LogP contribution in [0, 0.1) is 6.92 Å². The molecule has 0 aromatic carbocycles. The van der Waals surface area contributed by atoms with Gasteiger partial charge in [0, 0.05) is 13.5 Å². The number of nitrogens with zero attached hydrogens (tertiary/aromatic N) is 4. The van der Waals surface area contributed by atoms with Crippen LogP contribution in [-0.4, -0.2) is 19.9 Å². The SMILES string of the molecule is CCn1ncc(NCc2noc(C)n2)c(Cl)c1=O. The summed E-state index contributed by atoms with van der Waals surface area (Å²) in [4.78, 5) is 15.7. The monoisotopic (exact) mass is 269 g/mol. The summed E-state index contributed by atoms with van der Waals surface area (Å²) in [6.07, 6.45) is 1.50. The lowest BCUT2D eigenvalue weighted by Crippen LogP contribution is -2.23. The number of rotatable bonds is 4. The minimum absolute atomic E-state index is 0.104. The van der Waals surface area contributed by atoms with Crippen molar-refractivity contribution in [3.63, 3.8) is 0 Å². The molecule has 0 fully saturated rings. The van der Waals surface area contributed by atoms with E-state index in [-0.39, 0.29) is 10.6 Å². The van der Waals surface area contributed by atoms with E-state index in [0.29, 0.717) is 30.5 Å². The molecule has 0 aliphatic carbocycles. The predicted octanol–water partition coefficient (Wildman–Crippen LogP) is 1.22. The third-order valence-corrected chi connectivity index (χ3v) is 2.66. The van der Waals surface area contributed by atoms with Gasteiger partial charge in [-0.25, -0.2) is 4.68 Å². The molecule has 0 radical (unpaired) electrons. The summed E-state index contributed by atoms with van der Waals surface area (Å²) in [5.74, 6) is 0.973. The molecular formula is C10H12ClN5O2. The molecule has 0 atom stereocenters. The molecule has 2 rings (SSSR count). The van der Waals surface area contributed by atoms with Gasteiger partial charge in [0.2, 0.25) is 5.89 Å². The van der Waals surface area contributed by atoms with Crippen LogP contribution in [0.5, 0.6) is 0 Å². The molecule has 0 spiro atoms. The van der Waals surface area contributed by atoms with E-state index in [1.807, 2.05) is 6.92 Å². The Morgan fingerprint density at radius 3 is 2.94 bits per heavy atom. The molecule has 18 heavy (non-hydrogen) atoms. The van der Waals surface area contributed by atoms with E-state index in [1.165, 1.54) is 10.9 Å². The second-order valence-electron chi connectivity index (χ2n) is 3.58. The summed E-state index contributed by atoms with van der Waals surface area (Å²) in [5.41, 5.74) is 0.127. The van der Waals surface area contributed by atoms with Crippen LogP contribution >= 0.6 is 11.6 Å². The van der Waals surface area contributed by atoms with Crippen molar-refractivity contribution in [1.82, 2.24) is 19.9 Å². The van der Waals surface area contributed by atoms with Gasteiger partial charge in [-0.2, -0.15) is 10.1 Å². The van der Waals surface area contributed by atoms with Gasteiger partial charge in [0.25, 0.3) is 5.56 Å². The van der Waals surface area contributed by atoms with Crippen molar-refractivity contribution >= 4 is 17.3 Å². The van der Waals surface area contributed by atoms with Gasteiger partial charge in [0.1, 0.15) is 5.02 Å². The molecule has 2 aromatic rings. The lowest BCUT2D eigenvalue weighted by molar-refractivity contribution is 0.388. The van der Waals surface area contributed by atoms with Crippen molar-refractivity contribution in [1.29, 1.82) is 0 Å². The van der Waals surface area contributed by atoms with Crippen LogP contribution < -0.4 is 10.9 Å². The number of halogens is 1. The van der Waals surface area contributed by atoms with Crippen LogP contribution in [0.4, 0.5) is 5.69 Å². The highest BCUT2D eigenvalue weighted by Gasteiger charge is 2.09. The summed E-state index contributed by atoms with van der Waals surface area (Å²) >= 11 is 5.95. The summed E-state index contributed by atoms with van der Waals surface area (Å²) in [5, 5.41) is 10.7. The van der Waals surface area contributed by atoms with Crippen LogP contribution in [0.15, 0.2) is 15.5 Å². The first-order valence-corrected chi connectivity index (χ1v) is 5.78. The zero-order valence-corrected chi connectivity index (χ0v) is 10.7. The van der Waals surface area contributed by atoms with Crippen LogP contribution in [0.25, 0.3) is 0 Å². The Labute approximate surface area is 108 Å². The van der Waals surface area contributed by atoms with Gasteiger partial charge in [-0.1, -0.05) is 16.8 Å². The predicted molar refractivity (Wildman–Crippen MR) is 65.5 cm³/mol. The quantitative estimate of drug-likeness (QED) is 0.898. The van der Waals surface area contributed by atoms with Gasteiger partial charge < -0.3 is 9.84 Å². The second kappa shape index (κ2) is 5.18. The molecule has 0 saturated carbocycles. The Hall–Kier alpha value is -1.89. The van der Waals surface area contributed by atoms with Crippen molar-refractivity contribution in [2.24, 2.45) is 0 Å². The minimum atomic E-state index is -0.326. The molecule has 0 unspecified atom stereocenters. The summed E-state index contributed by atoms with van der Waals surface area (Å²) in [7, 11) is 0. The van der Waals surface area contributed by atoms with Crippen LogP contribution in [0.1, 0.15) is 18.6 Å². The van der Waals surface area contributed by atoms with E-state index < -0.39 is 0 Å². The standard InChI is InChI=1S/C10H12ClN5O2/c1-3-16-10(17)9(11)7(4-13-16)12-5-8-14-6(2)18-15-8/h4,12H,3,5H2,1-2H3. The summed E-state index contributed by atoms with van der Waals surface area (Å²) in [6.45, 7) is 4.31. The van der Waals surface area contributed by atoms with Crippen molar-refractivity contribution in [2.75, 3.05) is 5.32 Å². The second-order valence-corrected chi connectivity index (χ2v) is 3.95. The zero-order valence-electron chi connectivity index (χ0n) is 9.97. The first kappa shape index (κ1) is 12.6. The maximum Gasteiger partial charge on any atom is 0.287 e. The van der Waals surface area contributed by atoms with E-state index >= 15 is 0 Å². The Balaban J connectivity index is 2.15. The van der Waals surface area contributed by atoms with E-state index in [9.17, 15) is 4.79 Å². The summed E-state index contributed by atoms with van der Waals surface area (Å²) < 4.78 is 6.11. The molecular weight excluding hydrogens is 258 g/mol. The lowest BCUT2D eigenvalue weighted by atomic mass is 10.4. The number of aromatic nitrogens is 4. The third kappa shape index (κ3) is 2.51. The lowest BCUT2D eigenvalue weighted by Gasteiger charge is -2.07. The van der Waals surface area contributed by atoms with Crippen LogP contribution in [0.3, 0.4) is 0 Å². The third-order valence-electron chi connectivity index (χ3n) is 2.29. The highest BCUT2D eigenvalue weighted by Crippen LogP contribution is 2.15. The van der Waals surface area contributed by atoms with E-state index in [0.717, 1.165) is 0 Å². The number of nitrogens with one attached hydrogen (secondary N) is 1. The van der Waals surface area contributed by atoms with Gasteiger partial charge in [-0.05, 0) is 6.92 Å². The van der Waals surface area contributed by atoms with E-state index in [4.69, 9.17) is 16.1 Å². The van der Waals surface area contributed by atoms with Crippen molar-refractivity contribution < 1.29 is 4.52 Å². The van der Waals surface area contributed by atoms with Gasteiger partial charge in [-0.15, -0.1) is 0 Å². The number of aryl methyl sites for hydroxylation is 2.